The number of carbonyl (C=O) groups excluding carboxylic acids is 1. The quantitative estimate of drug-likeness (QED) is 0.895. The van der Waals surface area contributed by atoms with Crippen molar-refractivity contribution >= 4 is 33.4 Å². The van der Waals surface area contributed by atoms with Crippen molar-refractivity contribution in [2.24, 2.45) is 0 Å². The number of piperazine rings is 1. The van der Waals surface area contributed by atoms with E-state index in [9.17, 15) is 4.79 Å². The van der Waals surface area contributed by atoms with E-state index >= 15 is 0 Å². The Morgan fingerprint density at radius 3 is 2.68 bits per heavy atom. The molecule has 1 aliphatic heterocycles. The van der Waals surface area contributed by atoms with Gasteiger partial charge in [-0.05, 0) is 25.8 Å². The fraction of sp³-hybridized carbons (Fsp3) is 0.611. The maximum Gasteiger partial charge on any atom is 0.317 e. The van der Waals surface area contributed by atoms with Crippen LogP contribution in [0.3, 0.4) is 0 Å². The molecular formula is C18H25N5OS. The van der Waals surface area contributed by atoms with Crippen LogP contribution < -0.4 is 10.2 Å². The van der Waals surface area contributed by atoms with Crippen LogP contribution >= 0.6 is 11.3 Å². The predicted octanol–water partition coefficient (Wildman–Crippen LogP) is 3.16. The average molecular weight is 359 g/mol. The van der Waals surface area contributed by atoms with Crippen molar-refractivity contribution in [3.63, 3.8) is 0 Å². The van der Waals surface area contributed by atoms with Crippen LogP contribution in [0, 0.1) is 6.92 Å². The first-order chi connectivity index (χ1) is 12.2. The van der Waals surface area contributed by atoms with Gasteiger partial charge in [0.15, 0.2) is 0 Å². The topological polar surface area (TPSA) is 61.4 Å². The lowest BCUT2D eigenvalue weighted by Gasteiger charge is -2.36. The molecule has 0 aromatic carbocycles. The summed E-state index contributed by atoms with van der Waals surface area (Å²) in [6.07, 6.45) is 7.69. The van der Waals surface area contributed by atoms with Gasteiger partial charge in [0.05, 0.1) is 5.39 Å². The highest BCUT2D eigenvalue weighted by atomic mass is 32.1. The minimum atomic E-state index is 0.103. The number of nitrogens with one attached hydrogen (secondary N) is 1. The second-order valence-corrected chi connectivity index (χ2v) is 8.27. The third-order valence-corrected chi connectivity index (χ3v) is 6.19. The van der Waals surface area contributed by atoms with Crippen molar-refractivity contribution in [2.75, 3.05) is 31.1 Å². The van der Waals surface area contributed by atoms with Crippen molar-refractivity contribution in [1.82, 2.24) is 20.2 Å². The normalized spacial score (nSPS) is 19.4. The summed E-state index contributed by atoms with van der Waals surface area (Å²) >= 11 is 1.70. The fourth-order valence-corrected chi connectivity index (χ4v) is 4.69. The van der Waals surface area contributed by atoms with E-state index in [0.29, 0.717) is 6.04 Å². The number of carbonyl (C=O) groups is 1. The molecule has 0 unspecified atom stereocenters. The van der Waals surface area contributed by atoms with E-state index in [-0.39, 0.29) is 6.03 Å². The molecular weight excluding hydrogens is 334 g/mol. The molecule has 2 amide bonds. The Kier molecular flexibility index (Phi) is 4.74. The highest BCUT2D eigenvalue weighted by Crippen LogP contribution is 2.30. The van der Waals surface area contributed by atoms with Gasteiger partial charge in [0.1, 0.15) is 17.0 Å². The van der Waals surface area contributed by atoms with Crippen LogP contribution in [-0.4, -0.2) is 53.1 Å². The molecule has 2 fully saturated rings. The van der Waals surface area contributed by atoms with E-state index in [1.807, 2.05) is 4.90 Å². The van der Waals surface area contributed by atoms with Gasteiger partial charge in [-0.15, -0.1) is 11.3 Å². The van der Waals surface area contributed by atoms with Crippen molar-refractivity contribution in [1.29, 1.82) is 0 Å². The third-order valence-electron chi connectivity index (χ3n) is 5.23. The summed E-state index contributed by atoms with van der Waals surface area (Å²) < 4.78 is 0. The lowest BCUT2D eigenvalue weighted by atomic mass is 9.96. The maximum atomic E-state index is 12.5. The number of thiophene rings is 1. The molecule has 2 aromatic rings. The summed E-state index contributed by atoms with van der Waals surface area (Å²) in [6, 6.07) is 2.64. The number of fused-ring (bicyclic) bond motifs is 1. The van der Waals surface area contributed by atoms with Gasteiger partial charge in [0.2, 0.25) is 0 Å². The van der Waals surface area contributed by atoms with E-state index < -0.39 is 0 Å². The first-order valence-corrected chi connectivity index (χ1v) is 10.0. The first kappa shape index (κ1) is 16.6. The number of hydrogen-bond acceptors (Lipinski definition) is 5. The van der Waals surface area contributed by atoms with Crippen LogP contribution in [0.5, 0.6) is 0 Å². The molecule has 1 saturated carbocycles. The van der Waals surface area contributed by atoms with Gasteiger partial charge in [0, 0.05) is 37.1 Å². The fourth-order valence-electron chi connectivity index (χ4n) is 3.85. The molecule has 2 aromatic heterocycles. The largest absolute Gasteiger partial charge is 0.352 e. The molecule has 1 aliphatic carbocycles. The van der Waals surface area contributed by atoms with Crippen molar-refractivity contribution in [3.8, 4) is 0 Å². The van der Waals surface area contributed by atoms with Gasteiger partial charge in [-0.25, -0.2) is 14.8 Å². The summed E-state index contributed by atoms with van der Waals surface area (Å²) in [7, 11) is 0. The number of rotatable bonds is 2. The molecule has 0 atom stereocenters. The summed E-state index contributed by atoms with van der Waals surface area (Å²) in [5.41, 5.74) is 0. The van der Waals surface area contributed by atoms with E-state index in [1.165, 1.54) is 24.1 Å². The molecule has 25 heavy (non-hydrogen) atoms. The number of aromatic nitrogens is 2. The molecule has 1 N–H and O–H groups in total. The monoisotopic (exact) mass is 359 g/mol. The zero-order valence-corrected chi connectivity index (χ0v) is 15.5. The Hall–Kier alpha value is -1.89. The van der Waals surface area contributed by atoms with Crippen LogP contribution in [0.2, 0.25) is 0 Å². The molecule has 0 bridgehead atoms. The number of hydrogen-bond donors (Lipinski definition) is 1. The van der Waals surface area contributed by atoms with Crippen LogP contribution in [0.4, 0.5) is 10.6 Å². The molecule has 134 valence electrons. The zero-order chi connectivity index (χ0) is 17.2. The highest BCUT2D eigenvalue weighted by molar-refractivity contribution is 7.18. The molecule has 0 spiro atoms. The van der Waals surface area contributed by atoms with Crippen molar-refractivity contribution in [3.05, 3.63) is 17.3 Å². The first-order valence-electron chi connectivity index (χ1n) is 9.22. The molecule has 6 nitrogen and oxygen atoms in total. The Balaban J connectivity index is 1.38. The van der Waals surface area contributed by atoms with E-state index in [0.717, 1.165) is 55.1 Å². The van der Waals surface area contributed by atoms with Crippen LogP contribution in [0.15, 0.2) is 12.4 Å². The highest BCUT2D eigenvalue weighted by Gasteiger charge is 2.25. The average Bonchev–Trinajstić information content (AvgIpc) is 3.03. The minimum absolute atomic E-state index is 0.103. The molecule has 7 heteroatoms. The van der Waals surface area contributed by atoms with Crippen LogP contribution in [0.1, 0.15) is 37.0 Å². The standard InChI is InChI=1S/C18H25N5OS/c1-13-11-15-16(19-12-20-17(15)25-13)22-7-9-23(10-8-22)18(24)21-14-5-3-2-4-6-14/h11-12,14H,2-10H2,1H3,(H,21,24). The molecule has 3 heterocycles. The van der Waals surface area contributed by atoms with Gasteiger partial charge in [-0.3, -0.25) is 0 Å². The Morgan fingerprint density at radius 1 is 1.16 bits per heavy atom. The molecule has 2 aliphatic rings. The summed E-state index contributed by atoms with van der Waals surface area (Å²) in [4.78, 5) is 27.9. The molecule has 4 rings (SSSR count). The third kappa shape index (κ3) is 3.56. The SMILES string of the molecule is Cc1cc2c(N3CCN(C(=O)NC4CCCCC4)CC3)ncnc2s1. The van der Waals surface area contributed by atoms with E-state index in [4.69, 9.17) is 0 Å². The maximum absolute atomic E-state index is 12.5. The predicted molar refractivity (Wildman–Crippen MR) is 101 cm³/mol. The summed E-state index contributed by atoms with van der Waals surface area (Å²) in [5, 5.41) is 4.35. The minimum Gasteiger partial charge on any atom is -0.352 e. The van der Waals surface area contributed by atoms with Gasteiger partial charge < -0.3 is 15.1 Å². The summed E-state index contributed by atoms with van der Waals surface area (Å²) in [6.45, 7) is 5.22. The number of aryl methyl sites for hydroxylation is 1. The van der Waals surface area contributed by atoms with Gasteiger partial charge in [-0.2, -0.15) is 0 Å². The number of urea groups is 1. The van der Waals surface area contributed by atoms with Crippen LogP contribution in [0.25, 0.3) is 10.2 Å². The van der Waals surface area contributed by atoms with Crippen molar-refractivity contribution < 1.29 is 4.79 Å². The molecule has 0 radical (unpaired) electrons. The van der Waals surface area contributed by atoms with E-state index in [1.54, 1.807) is 17.7 Å². The zero-order valence-electron chi connectivity index (χ0n) is 14.7. The second kappa shape index (κ2) is 7.15. The van der Waals surface area contributed by atoms with Gasteiger partial charge in [0.25, 0.3) is 0 Å². The number of amides is 2. The Morgan fingerprint density at radius 2 is 1.92 bits per heavy atom. The lowest BCUT2D eigenvalue weighted by Crippen LogP contribution is -2.53. The number of anilines is 1. The van der Waals surface area contributed by atoms with Gasteiger partial charge in [-0.1, -0.05) is 19.3 Å². The van der Waals surface area contributed by atoms with Crippen molar-refractivity contribution in [2.45, 2.75) is 45.1 Å². The number of nitrogens with zero attached hydrogens (tertiary/aromatic N) is 4. The van der Waals surface area contributed by atoms with Gasteiger partial charge >= 0.3 is 6.03 Å². The Bertz CT molecular complexity index is 747. The summed E-state index contributed by atoms with van der Waals surface area (Å²) in [5.74, 6) is 1.00. The Labute approximate surface area is 152 Å². The molecule has 1 saturated heterocycles. The van der Waals surface area contributed by atoms with E-state index in [2.05, 4.69) is 33.2 Å². The smallest absolute Gasteiger partial charge is 0.317 e. The second-order valence-electron chi connectivity index (χ2n) is 7.03. The van der Waals surface area contributed by atoms with Crippen LogP contribution in [-0.2, 0) is 0 Å². The lowest BCUT2D eigenvalue weighted by molar-refractivity contribution is 0.186.